The molecule has 0 aromatic heterocycles. The van der Waals surface area contributed by atoms with Crippen molar-refractivity contribution >= 4 is 5.91 Å². The quantitative estimate of drug-likeness (QED) is 0.0370. The lowest BCUT2D eigenvalue weighted by atomic mass is 10.0. The summed E-state index contributed by atoms with van der Waals surface area (Å²) in [6.45, 7) is 20.7. The Kier molecular flexibility index (Phi) is 32.0. The van der Waals surface area contributed by atoms with Gasteiger partial charge < -0.3 is 20.7 Å². The number of nitrogens with one attached hydrogen (secondary N) is 3. The summed E-state index contributed by atoms with van der Waals surface area (Å²) < 4.78 is 5.63. The molecule has 0 spiro atoms. The van der Waals surface area contributed by atoms with Gasteiger partial charge in [-0.15, -0.1) is 0 Å². The average Bonchev–Trinajstić information content (AvgIpc) is 2.99. The molecule has 264 valence electrons. The van der Waals surface area contributed by atoms with Gasteiger partial charge in [0.05, 0.1) is 0 Å². The van der Waals surface area contributed by atoms with Crippen LogP contribution in [0, 0.1) is 11.8 Å². The molecular weight excluding hydrogens is 554 g/mol. The van der Waals surface area contributed by atoms with E-state index >= 15 is 0 Å². The molecule has 0 aliphatic rings. The van der Waals surface area contributed by atoms with Crippen molar-refractivity contribution in [3.8, 4) is 0 Å². The number of amides is 1. The van der Waals surface area contributed by atoms with Gasteiger partial charge in [0.2, 0.25) is 5.91 Å². The largest absolute Gasteiger partial charge is 0.476 e. The number of allylic oxidation sites excluding steroid dienone is 2. The van der Waals surface area contributed by atoms with E-state index in [0.29, 0.717) is 18.9 Å². The average molecular weight is 632 g/mol. The molecule has 0 bridgehead atoms. The van der Waals surface area contributed by atoms with Crippen molar-refractivity contribution in [1.29, 1.82) is 0 Å². The van der Waals surface area contributed by atoms with Crippen LogP contribution in [0.25, 0.3) is 0 Å². The van der Waals surface area contributed by atoms with Crippen LogP contribution in [0.4, 0.5) is 0 Å². The van der Waals surface area contributed by atoms with Gasteiger partial charge in [0.25, 0.3) is 0 Å². The summed E-state index contributed by atoms with van der Waals surface area (Å²) in [7, 11) is 0. The minimum absolute atomic E-state index is 0.146. The number of unbranched alkanes of at least 4 members (excludes halogenated alkanes) is 15. The number of hydrogen-bond donors (Lipinski definition) is 3. The number of carbonyl (C=O) groups is 1. The molecule has 0 radical (unpaired) electrons. The molecular formula is C40H77N3O2. The van der Waals surface area contributed by atoms with Gasteiger partial charge in [-0.2, -0.15) is 0 Å². The van der Waals surface area contributed by atoms with Gasteiger partial charge in [-0.1, -0.05) is 149 Å². The van der Waals surface area contributed by atoms with Crippen molar-refractivity contribution in [1.82, 2.24) is 16.0 Å². The van der Waals surface area contributed by atoms with Crippen LogP contribution in [0.15, 0.2) is 36.9 Å². The van der Waals surface area contributed by atoms with Crippen LogP contribution >= 0.6 is 0 Å². The van der Waals surface area contributed by atoms with Crippen LogP contribution in [0.5, 0.6) is 0 Å². The SMILES string of the molecule is C=C(CCCCCCCCCNC(=C)OC/C=C/CCC(=O)NCCCCCCCCCC(C)C)NCCCCCCC(C)C. The minimum Gasteiger partial charge on any atom is -0.476 e. The van der Waals surface area contributed by atoms with Crippen molar-refractivity contribution < 1.29 is 9.53 Å². The highest BCUT2D eigenvalue weighted by molar-refractivity contribution is 5.75. The van der Waals surface area contributed by atoms with E-state index in [9.17, 15) is 4.79 Å². The Balaban J connectivity index is 3.39. The second-order valence-corrected chi connectivity index (χ2v) is 14.0. The molecule has 3 N–H and O–H groups in total. The Morgan fingerprint density at radius 1 is 0.556 bits per heavy atom. The van der Waals surface area contributed by atoms with E-state index in [1.165, 1.54) is 121 Å². The highest BCUT2D eigenvalue weighted by Gasteiger charge is 2.01. The van der Waals surface area contributed by atoms with Gasteiger partial charge in [0.15, 0.2) is 5.88 Å². The monoisotopic (exact) mass is 632 g/mol. The van der Waals surface area contributed by atoms with E-state index in [2.05, 4.69) is 56.8 Å². The summed E-state index contributed by atoms with van der Waals surface area (Å²) in [5.41, 5.74) is 1.22. The molecule has 5 heteroatoms. The van der Waals surface area contributed by atoms with E-state index in [1.807, 2.05) is 12.2 Å². The van der Waals surface area contributed by atoms with Crippen molar-refractivity contribution in [2.45, 2.75) is 175 Å². The molecule has 1 amide bonds. The zero-order valence-electron chi connectivity index (χ0n) is 30.6. The normalized spacial score (nSPS) is 11.4. The lowest BCUT2D eigenvalue weighted by molar-refractivity contribution is -0.121. The van der Waals surface area contributed by atoms with Crippen LogP contribution in [-0.2, 0) is 9.53 Å². The maximum Gasteiger partial charge on any atom is 0.220 e. The fourth-order valence-corrected chi connectivity index (χ4v) is 5.44. The number of rotatable bonds is 35. The van der Waals surface area contributed by atoms with Gasteiger partial charge in [-0.3, -0.25) is 4.79 Å². The zero-order chi connectivity index (χ0) is 33.2. The standard InChI is InChI=1S/C40H77N3O2/c1-36(2)28-20-13-9-7-12-17-26-34-43-40(44)31-23-19-27-35-45-39(6)42-33-25-16-11-8-10-14-22-30-38(5)41-32-24-18-15-21-29-37(3)4/h19,27,36-37,41-42H,5-18,20-26,28-35H2,1-4H3,(H,43,44)/b27-19+. The number of carbonyl (C=O) groups excluding carboxylic acids is 1. The maximum atomic E-state index is 12.0. The third-order valence-electron chi connectivity index (χ3n) is 8.40. The first-order valence-electron chi connectivity index (χ1n) is 19.2. The highest BCUT2D eigenvalue weighted by Crippen LogP contribution is 2.13. The number of ether oxygens (including phenoxy) is 1. The summed E-state index contributed by atoms with van der Waals surface area (Å²) in [5.74, 6) is 2.45. The predicted octanol–water partition coefficient (Wildman–Crippen LogP) is 11.1. The highest BCUT2D eigenvalue weighted by atomic mass is 16.5. The zero-order valence-corrected chi connectivity index (χ0v) is 30.6. The first-order valence-corrected chi connectivity index (χ1v) is 19.2. The van der Waals surface area contributed by atoms with Crippen molar-refractivity contribution in [3.05, 3.63) is 36.9 Å². The summed E-state index contributed by atoms with van der Waals surface area (Å²) in [6, 6.07) is 0. The second-order valence-electron chi connectivity index (χ2n) is 14.0. The van der Waals surface area contributed by atoms with Crippen molar-refractivity contribution in [3.63, 3.8) is 0 Å². The van der Waals surface area contributed by atoms with Gasteiger partial charge in [-0.05, 0) is 56.9 Å². The molecule has 0 rings (SSSR count). The van der Waals surface area contributed by atoms with E-state index in [0.717, 1.165) is 57.2 Å². The van der Waals surface area contributed by atoms with Gasteiger partial charge >= 0.3 is 0 Å². The fourth-order valence-electron chi connectivity index (χ4n) is 5.44. The Bertz CT molecular complexity index is 716. The molecule has 0 aliphatic heterocycles. The van der Waals surface area contributed by atoms with Crippen LogP contribution in [0.2, 0.25) is 0 Å². The molecule has 45 heavy (non-hydrogen) atoms. The van der Waals surface area contributed by atoms with Crippen LogP contribution in [0.1, 0.15) is 175 Å². The molecule has 0 unspecified atom stereocenters. The first kappa shape index (κ1) is 43.1. The van der Waals surface area contributed by atoms with Crippen LogP contribution < -0.4 is 16.0 Å². The Morgan fingerprint density at radius 2 is 1.00 bits per heavy atom. The van der Waals surface area contributed by atoms with E-state index in [4.69, 9.17) is 4.74 Å². The van der Waals surface area contributed by atoms with Gasteiger partial charge in [-0.25, -0.2) is 0 Å². The van der Waals surface area contributed by atoms with Crippen molar-refractivity contribution in [2.24, 2.45) is 11.8 Å². The Labute approximate surface area is 281 Å². The maximum absolute atomic E-state index is 12.0. The van der Waals surface area contributed by atoms with Crippen LogP contribution in [-0.4, -0.2) is 32.1 Å². The Hall–Kier alpha value is -1.91. The van der Waals surface area contributed by atoms with E-state index < -0.39 is 0 Å². The molecule has 0 saturated carbocycles. The molecule has 0 atom stereocenters. The third kappa shape index (κ3) is 36.4. The second kappa shape index (κ2) is 33.5. The summed E-state index contributed by atoms with van der Waals surface area (Å²) in [6.07, 6.45) is 32.3. The smallest absolute Gasteiger partial charge is 0.220 e. The molecule has 5 nitrogen and oxygen atoms in total. The molecule has 0 aliphatic carbocycles. The molecule has 0 aromatic carbocycles. The lowest BCUT2D eigenvalue weighted by Gasteiger charge is -2.10. The Morgan fingerprint density at radius 3 is 1.53 bits per heavy atom. The molecule has 0 heterocycles. The number of hydrogen-bond acceptors (Lipinski definition) is 4. The van der Waals surface area contributed by atoms with Crippen molar-refractivity contribution in [2.75, 3.05) is 26.2 Å². The summed E-state index contributed by atoms with van der Waals surface area (Å²) in [4.78, 5) is 12.0. The fraction of sp³-hybridized carbons (Fsp3) is 0.825. The van der Waals surface area contributed by atoms with Gasteiger partial charge in [0.1, 0.15) is 6.61 Å². The third-order valence-corrected chi connectivity index (χ3v) is 8.40. The molecule has 0 fully saturated rings. The van der Waals surface area contributed by atoms with Gasteiger partial charge in [0, 0.05) is 31.8 Å². The first-order chi connectivity index (χ1) is 21.8. The van der Waals surface area contributed by atoms with E-state index in [-0.39, 0.29) is 5.91 Å². The summed E-state index contributed by atoms with van der Waals surface area (Å²) >= 11 is 0. The predicted molar refractivity (Wildman–Crippen MR) is 198 cm³/mol. The topological polar surface area (TPSA) is 62.4 Å². The van der Waals surface area contributed by atoms with Crippen LogP contribution in [0.3, 0.4) is 0 Å². The molecule has 0 aromatic rings. The minimum atomic E-state index is 0.146. The molecule has 0 saturated heterocycles. The lowest BCUT2D eigenvalue weighted by Crippen LogP contribution is -2.23. The summed E-state index contributed by atoms with van der Waals surface area (Å²) in [5, 5.41) is 9.85. The van der Waals surface area contributed by atoms with E-state index in [1.54, 1.807) is 0 Å².